The van der Waals surface area contributed by atoms with Crippen LogP contribution in [0.2, 0.25) is 0 Å². The summed E-state index contributed by atoms with van der Waals surface area (Å²) in [5.74, 6) is 0.907. The molecule has 0 heterocycles. The van der Waals surface area contributed by atoms with Crippen LogP contribution in [-0.4, -0.2) is 26.6 Å². The van der Waals surface area contributed by atoms with Crippen molar-refractivity contribution in [2.24, 2.45) is 0 Å². The zero-order valence-electron chi connectivity index (χ0n) is 13.1. The lowest BCUT2D eigenvalue weighted by Crippen LogP contribution is -2.26. The summed E-state index contributed by atoms with van der Waals surface area (Å²) in [6.45, 7) is 1.25. The van der Waals surface area contributed by atoms with E-state index in [-0.39, 0.29) is 5.91 Å². The van der Waals surface area contributed by atoms with Gasteiger partial charge in [0.1, 0.15) is 5.75 Å². The van der Waals surface area contributed by atoms with E-state index in [1.807, 2.05) is 37.4 Å². The second kappa shape index (κ2) is 8.20. The van der Waals surface area contributed by atoms with E-state index in [4.69, 9.17) is 4.74 Å². The molecular weight excluding hydrogens is 276 g/mol. The summed E-state index contributed by atoms with van der Waals surface area (Å²) in [5.41, 5.74) is 3.33. The molecule has 22 heavy (non-hydrogen) atoms. The summed E-state index contributed by atoms with van der Waals surface area (Å²) < 4.78 is 5.24. The standard InChI is InChI=1S/C18H22N2O2/c1-19-11-10-18(21)20-13-14-6-8-15(9-7-14)16-4-3-5-17(12-16)22-2/h3-9,12,19H,10-11,13H2,1-2H3,(H,20,21). The summed E-state index contributed by atoms with van der Waals surface area (Å²) in [5, 5.41) is 5.87. The topological polar surface area (TPSA) is 50.4 Å². The number of hydrogen-bond donors (Lipinski definition) is 2. The van der Waals surface area contributed by atoms with Crippen molar-refractivity contribution in [3.05, 3.63) is 54.1 Å². The minimum absolute atomic E-state index is 0.0613. The molecule has 0 spiro atoms. The van der Waals surface area contributed by atoms with Crippen LogP contribution in [0.15, 0.2) is 48.5 Å². The molecule has 0 aliphatic rings. The third-order valence-corrected chi connectivity index (χ3v) is 3.45. The summed E-state index contributed by atoms with van der Waals surface area (Å²) in [4.78, 5) is 11.6. The van der Waals surface area contributed by atoms with Gasteiger partial charge in [0.2, 0.25) is 5.91 Å². The number of nitrogens with one attached hydrogen (secondary N) is 2. The van der Waals surface area contributed by atoms with Crippen LogP contribution in [0.5, 0.6) is 5.75 Å². The van der Waals surface area contributed by atoms with E-state index < -0.39 is 0 Å². The highest BCUT2D eigenvalue weighted by molar-refractivity contribution is 5.76. The van der Waals surface area contributed by atoms with E-state index >= 15 is 0 Å². The van der Waals surface area contributed by atoms with Gasteiger partial charge in [0, 0.05) is 19.5 Å². The minimum atomic E-state index is 0.0613. The molecule has 2 rings (SSSR count). The molecule has 2 N–H and O–H groups in total. The van der Waals surface area contributed by atoms with E-state index in [2.05, 4.69) is 28.8 Å². The summed E-state index contributed by atoms with van der Waals surface area (Å²) >= 11 is 0. The average Bonchev–Trinajstić information content (AvgIpc) is 2.58. The fraction of sp³-hybridized carbons (Fsp3) is 0.278. The average molecular weight is 298 g/mol. The lowest BCUT2D eigenvalue weighted by Gasteiger charge is -2.08. The molecule has 0 bridgehead atoms. The summed E-state index contributed by atoms with van der Waals surface area (Å²) in [6, 6.07) is 16.2. The van der Waals surface area contributed by atoms with Crippen LogP contribution >= 0.6 is 0 Å². The van der Waals surface area contributed by atoms with Crippen molar-refractivity contribution >= 4 is 5.91 Å². The zero-order valence-corrected chi connectivity index (χ0v) is 13.1. The largest absolute Gasteiger partial charge is 0.497 e. The first kappa shape index (κ1) is 16.0. The number of ether oxygens (including phenoxy) is 1. The normalized spacial score (nSPS) is 10.3. The molecule has 0 fully saturated rings. The zero-order chi connectivity index (χ0) is 15.8. The molecule has 0 aliphatic heterocycles. The molecule has 0 aromatic heterocycles. The fourth-order valence-corrected chi connectivity index (χ4v) is 2.15. The van der Waals surface area contributed by atoms with Gasteiger partial charge in [-0.25, -0.2) is 0 Å². The van der Waals surface area contributed by atoms with E-state index in [1.165, 1.54) is 0 Å². The Hall–Kier alpha value is -2.33. The molecule has 4 heteroatoms. The van der Waals surface area contributed by atoms with Crippen LogP contribution in [0.25, 0.3) is 11.1 Å². The Morgan fingerprint density at radius 1 is 1.09 bits per heavy atom. The molecule has 0 saturated carbocycles. The van der Waals surface area contributed by atoms with E-state index in [9.17, 15) is 4.79 Å². The molecule has 116 valence electrons. The monoisotopic (exact) mass is 298 g/mol. The third-order valence-electron chi connectivity index (χ3n) is 3.45. The van der Waals surface area contributed by atoms with Crippen molar-refractivity contribution in [2.45, 2.75) is 13.0 Å². The Morgan fingerprint density at radius 2 is 1.86 bits per heavy atom. The molecule has 0 atom stereocenters. The molecule has 2 aromatic carbocycles. The van der Waals surface area contributed by atoms with Gasteiger partial charge in [-0.05, 0) is 35.9 Å². The predicted molar refractivity (Wildman–Crippen MR) is 88.8 cm³/mol. The lowest BCUT2D eigenvalue weighted by molar-refractivity contribution is -0.121. The maximum Gasteiger partial charge on any atom is 0.221 e. The van der Waals surface area contributed by atoms with Crippen molar-refractivity contribution in [1.82, 2.24) is 10.6 Å². The molecule has 1 amide bonds. The van der Waals surface area contributed by atoms with Crippen LogP contribution in [0.1, 0.15) is 12.0 Å². The van der Waals surface area contributed by atoms with Crippen molar-refractivity contribution in [3.63, 3.8) is 0 Å². The highest BCUT2D eigenvalue weighted by atomic mass is 16.5. The Labute approximate surface area is 131 Å². The van der Waals surface area contributed by atoms with Gasteiger partial charge in [0.15, 0.2) is 0 Å². The highest BCUT2D eigenvalue weighted by Crippen LogP contribution is 2.23. The molecule has 0 aliphatic carbocycles. The molecule has 0 unspecified atom stereocenters. The maximum atomic E-state index is 11.6. The van der Waals surface area contributed by atoms with Gasteiger partial charge in [0.05, 0.1) is 7.11 Å². The molecule has 0 radical (unpaired) electrons. The molecule has 4 nitrogen and oxygen atoms in total. The first-order valence-electron chi connectivity index (χ1n) is 7.37. The van der Waals surface area contributed by atoms with Gasteiger partial charge in [-0.1, -0.05) is 36.4 Å². The smallest absolute Gasteiger partial charge is 0.221 e. The van der Waals surface area contributed by atoms with Crippen LogP contribution in [0.4, 0.5) is 0 Å². The van der Waals surface area contributed by atoms with E-state index in [0.717, 1.165) is 22.4 Å². The minimum Gasteiger partial charge on any atom is -0.497 e. The third kappa shape index (κ3) is 4.60. The first-order chi connectivity index (χ1) is 10.7. The Kier molecular flexibility index (Phi) is 5.98. The Bertz CT molecular complexity index is 609. The predicted octanol–water partition coefficient (Wildman–Crippen LogP) is 2.59. The van der Waals surface area contributed by atoms with Crippen molar-refractivity contribution < 1.29 is 9.53 Å². The number of amides is 1. The van der Waals surface area contributed by atoms with Gasteiger partial charge >= 0.3 is 0 Å². The van der Waals surface area contributed by atoms with Gasteiger partial charge in [-0.3, -0.25) is 4.79 Å². The van der Waals surface area contributed by atoms with Crippen LogP contribution in [0.3, 0.4) is 0 Å². The number of rotatable bonds is 7. The van der Waals surface area contributed by atoms with E-state index in [0.29, 0.717) is 19.5 Å². The fourth-order valence-electron chi connectivity index (χ4n) is 2.15. The lowest BCUT2D eigenvalue weighted by atomic mass is 10.0. The van der Waals surface area contributed by atoms with Gasteiger partial charge in [-0.2, -0.15) is 0 Å². The molecule has 0 saturated heterocycles. The second-order valence-corrected chi connectivity index (χ2v) is 5.06. The van der Waals surface area contributed by atoms with Gasteiger partial charge < -0.3 is 15.4 Å². The summed E-state index contributed by atoms with van der Waals surface area (Å²) in [7, 11) is 3.50. The number of methoxy groups -OCH3 is 1. The van der Waals surface area contributed by atoms with Gasteiger partial charge in [-0.15, -0.1) is 0 Å². The summed E-state index contributed by atoms with van der Waals surface area (Å²) in [6.07, 6.45) is 0.498. The number of carbonyl (C=O) groups excluding carboxylic acids is 1. The van der Waals surface area contributed by atoms with Crippen molar-refractivity contribution in [1.29, 1.82) is 0 Å². The molecular formula is C18H22N2O2. The van der Waals surface area contributed by atoms with Gasteiger partial charge in [0.25, 0.3) is 0 Å². The van der Waals surface area contributed by atoms with Crippen LogP contribution in [0, 0.1) is 0 Å². The van der Waals surface area contributed by atoms with Crippen molar-refractivity contribution in [2.75, 3.05) is 20.7 Å². The first-order valence-corrected chi connectivity index (χ1v) is 7.37. The highest BCUT2D eigenvalue weighted by Gasteiger charge is 2.02. The maximum absolute atomic E-state index is 11.6. The van der Waals surface area contributed by atoms with Crippen molar-refractivity contribution in [3.8, 4) is 16.9 Å². The van der Waals surface area contributed by atoms with E-state index in [1.54, 1.807) is 7.11 Å². The quantitative estimate of drug-likeness (QED) is 0.826. The molecule has 2 aromatic rings. The Morgan fingerprint density at radius 3 is 2.55 bits per heavy atom. The Balaban J connectivity index is 1.96. The SMILES string of the molecule is CNCCC(=O)NCc1ccc(-c2cccc(OC)c2)cc1. The number of carbonyl (C=O) groups is 1. The number of hydrogen-bond acceptors (Lipinski definition) is 3. The van der Waals surface area contributed by atoms with Crippen LogP contribution < -0.4 is 15.4 Å². The van der Waals surface area contributed by atoms with Crippen LogP contribution in [-0.2, 0) is 11.3 Å². The second-order valence-electron chi connectivity index (χ2n) is 5.06. The number of benzene rings is 2.